The van der Waals surface area contributed by atoms with Crippen molar-refractivity contribution in [3.63, 3.8) is 0 Å². The van der Waals surface area contributed by atoms with Gasteiger partial charge in [0.05, 0.1) is 22.1 Å². The van der Waals surface area contributed by atoms with Crippen LogP contribution in [0.4, 0.5) is 0 Å². The van der Waals surface area contributed by atoms with Crippen LogP contribution in [0.1, 0.15) is 15.9 Å². The van der Waals surface area contributed by atoms with Crippen LogP contribution in [0.15, 0.2) is 56.9 Å². The summed E-state index contributed by atoms with van der Waals surface area (Å²) in [5, 5.41) is 0.933. The highest BCUT2D eigenvalue weighted by atomic mass is 35.5. The molecule has 2 aromatic heterocycles. The lowest BCUT2D eigenvalue weighted by molar-refractivity contribution is 0.0995. The highest BCUT2D eigenvalue weighted by molar-refractivity contribution is 7.16. The van der Waals surface area contributed by atoms with Crippen LogP contribution in [0.3, 0.4) is 0 Å². The molecular weight excluding hydrogens is 396 g/mol. The number of nitrogens with zero attached hydrogens (tertiary/aromatic N) is 2. The minimum Gasteiger partial charge on any atom is -0.463 e. The van der Waals surface area contributed by atoms with Gasteiger partial charge in [-0.2, -0.15) is 4.99 Å². The number of benzene rings is 2. The summed E-state index contributed by atoms with van der Waals surface area (Å²) in [5.74, 6) is 1.89. The van der Waals surface area contributed by atoms with E-state index in [1.54, 1.807) is 34.9 Å². The number of hydrogen-bond donors (Lipinski definition) is 0. The second-order valence-electron chi connectivity index (χ2n) is 6.09. The summed E-state index contributed by atoms with van der Waals surface area (Å²) in [6, 6.07) is 10.4. The molecule has 0 radical (unpaired) electrons. The zero-order valence-electron chi connectivity index (χ0n) is 14.7. The number of aryl methyl sites for hydroxylation is 1. The zero-order valence-corrected chi connectivity index (χ0v) is 16.3. The van der Waals surface area contributed by atoms with E-state index in [1.165, 1.54) is 11.3 Å². The molecule has 0 saturated carbocycles. The van der Waals surface area contributed by atoms with E-state index in [4.69, 9.17) is 22.4 Å². The van der Waals surface area contributed by atoms with Crippen molar-refractivity contribution in [2.75, 3.05) is 0 Å². The quantitative estimate of drug-likeness (QED) is 0.468. The predicted octanol–water partition coefficient (Wildman–Crippen LogP) is 4.15. The average molecular weight is 409 g/mol. The number of para-hydroxylation sites is 1. The molecule has 0 aliphatic carbocycles. The van der Waals surface area contributed by atoms with Gasteiger partial charge in [0, 0.05) is 5.02 Å². The highest BCUT2D eigenvalue weighted by Crippen LogP contribution is 2.27. The molecule has 2 aromatic carbocycles. The first-order valence-corrected chi connectivity index (χ1v) is 9.52. The summed E-state index contributed by atoms with van der Waals surface area (Å²) in [7, 11) is 0. The van der Waals surface area contributed by atoms with Gasteiger partial charge in [0.25, 0.3) is 5.91 Å². The number of fused-ring (bicyclic) bond motifs is 2. The van der Waals surface area contributed by atoms with Crippen LogP contribution in [0.5, 0.6) is 0 Å². The van der Waals surface area contributed by atoms with Gasteiger partial charge in [-0.3, -0.25) is 9.59 Å². The number of halogens is 1. The van der Waals surface area contributed by atoms with E-state index in [1.807, 2.05) is 13.0 Å². The maximum absolute atomic E-state index is 12.8. The van der Waals surface area contributed by atoms with Crippen molar-refractivity contribution < 1.29 is 9.21 Å². The van der Waals surface area contributed by atoms with Crippen LogP contribution in [0.25, 0.3) is 21.2 Å². The van der Waals surface area contributed by atoms with Crippen molar-refractivity contribution in [3.05, 3.63) is 73.8 Å². The Morgan fingerprint density at radius 3 is 2.89 bits per heavy atom. The van der Waals surface area contributed by atoms with Crippen molar-refractivity contribution in [1.29, 1.82) is 0 Å². The molecule has 5 nitrogen and oxygen atoms in total. The van der Waals surface area contributed by atoms with Gasteiger partial charge in [-0.15, -0.1) is 6.42 Å². The molecule has 2 heterocycles. The van der Waals surface area contributed by atoms with Crippen molar-refractivity contribution in [3.8, 4) is 12.3 Å². The SMILES string of the molecule is C#CCn1c(=NC(=O)c2coc3ccccc3c2=O)sc2ccc(Cl)c(C)c21. The van der Waals surface area contributed by atoms with Gasteiger partial charge in [0.15, 0.2) is 4.80 Å². The fourth-order valence-corrected chi connectivity index (χ4v) is 4.25. The van der Waals surface area contributed by atoms with Gasteiger partial charge in [0.1, 0.15) is 17.4 Å². The van der Waals surface area contributed by atoms with Crippen molar-refractivity contribution in [1.82, 2.24) is 4.57 Å². The molecule has 0 saturated heterocycles. The van der Waals surface area contributed by atoms with Crippen LogP contribution in [-0.2, 0) is 6.54 Å². The predicted molar refractivity (Wildman–Crippen MR) is 111 cm³/mol. The van der Waals surface area contributed by atoms with E-state index in [0.717, 1.165) is 22.0 Å². The summed E-state index contributed by atoms with van der Waals surface area (Å²) in [4.78, 5) is 30.0. The third-order valence-electron chi connectivity index (χ3n) is 4.39. The van der Waals surface area contributed by atoms with E-state index in [0.29, 0.717) is 20.8 Å². The zero-order chi connectivity index (χ0) is 19.8. The molecule has 4 rings (SSSR count). The molecule has 1 amide bonds. The lowest BCUT2D eigenvalue weighted by Crippen LogP contribution is -2.20. The number of thiazole rings is 1. The third-order valence-corrected chi connectivity index (χ3v) is 5.84. The summed E-state index contributed by atoms with van der Waals surface area (Å²) >= 11 is 7.54. The summed E-state index contributed by atoms with van der Waals surface area (Å²) in [6.07, 6.45) is 6.66. The lowest BCUT2D eigenvalue weighted by atomic mass is 10.1. The largest absolute Gasteiger partial charge is 0.463 e. The van der Waals surface area contributed by atoms with Gasteiger partial charge >= 0.3 is 0 Å². The monoisotopic (exact) mass is 408 g/mol. The topological polar surface area (TPSA) is 64.6 Å². The van der Waals surface area contributed by atoms with E-state index < -0.39 is 11.3 Å². The number of aromatic nitrogens is 1. The lowest BCUT2D eigenvalue weighted by Gasteiger charge is -2.04. The number of carbonyl (C=O) groups excluding carboxylic acids is 1. The summed E-state index contributed by atoms with van der Waals surface area (Å²) < 4.78 is 8.07. The Morgan fingerprint density at radius 2 is 2.11 bits per heavy atom. The number of rotatable bonds is 2. The first kappa shape index (κ1) is 18.2. The average Bonchev–Trinajstić information content (AvgIpc) is 3.03. The van der Waals surface area contributed by atoms with E-state index in [9.17, 15) is 9.59 Å². The highest BCUT2D eigenvalue weighted by Gasteiger charge is 2.16. The maximum Gasteiger partial charge on any atom is 0.286 e. The normalized spacial score (nSPS) is 11.8. The molecule has 0 aliphatic heterocycles. The van der Waals surface area contributed by atoms with Gasteiger partial charge < -0.3 is 8.98 Å². The van der Waals surface area contributed by atoms with Crippen molar-refractivity contribution >= 4 is 50.0 Å². The first-order valence-electron chi connectivity index (χ1n) is 8.32. The molecule has 0 aliphatic rings. The summed E-state index contributed by atoms with van der Waals surface area (Å²) in [5.41, 5.74) is 1.55. The first-order chi connectivity index (χ1) is 13.5. The van der Waals surface area contributed by atoms with Gasteiger partial charge in [-0.05, 0) is 36.8 Å². The smallest absolute Gasteiger partial charge is 0.286 e. The van der Waals surface area contributed by atoms with Crippen LogP contribution in [-0.4, -0.2) is 10.5 Å². The van der Waals surface area contributed by atoms with Crippen LogP contribution < -0.4 is 10.2 Å². The van der Waals surface area contributed by atoms with Gasteiger partial charge in [-0.1, -0.05) is 41.0 Å². The Kier molecular flexibility index (Phi) is 4.63. The molecular formula is C21H13ClN2O3S. The molecule has 0 spiro atoms. The molecule has 28 heavy (non-hydrogen) atoms. The molecule has 7 heteroatoms. The molecule has 0 bridgehead atoms. The van der Waals surface area contributed by atoms with E-state index in [-0.39, 0.29) is 12.1 Å². The Balaban J connectivity index is 1.93. The van der Waals surface area contributed by atoms with Crippen LogP contribution in [0.2, 0.25) is 5.02 Å². The van der Waals surface area contributed by atoms with Crippen molar-refractivity contribution in [2.24, 2.45) is 4.99 Å². The molecule has 0 N–H and O–H groups in total. The Bertz CT molecular complexity index is 1420. The fourth-order valence-electron chi connectivity index (χ4n) is 3.01. The van der Waals surface area contributed by atoms with Gasteiger partial charge in [-0.25, -0.2) is 0 Å². The second kappa shape index (κ2) is 7.12. The maximum atomic E-state index is 12.8. The molecule has 4 aromatic rings. The fraction of sp³-hybridized carbons (Fsp3) is 0.0952. The Morgan fingerprint density at radius 1 is 1.32 bits per heavy atom. The molecule has 0 atom stereocenters. The Labute approximate surface area is 168 Å². The number of hydrogen-bond acceptors (Lipinski definition) is 4. The summed E-state index contributed by atoms with van der Waals surface area (Å²) in [6.45, 7) is 2.10. The van der Waals surface area contributed by atoms with Gasteiger partial charge in [0.2, 0.25) is 5.43 Å². The Hall–Kier alpha value is -3.14. The third kappa shape index (κ3) is 2.95. The van der Waals surface area contributed by atoms with Crippen molar-refractivity contribution in [2.45, 2.75) is 13.5 Å². The second-order valence-corrected chi connectivity index (χ2v) is 7.50. The standard InChI is InChI=1S/C21H13ClN2O3S/c1-3-10-24-18-12(2)15(22)8-9-17(18)28-21(24)23-20(26)14-11-27-16-7-5-4-6-13(16)19(14)25/h1,4-9,11H,10H2,2H3. The molecule has 138 valence electrons. The van der Waals surface area contributed by atoms with Crippen LogP contribution in [0, 0.1) is 19.3 Å². The van der Waals surface area contributed by atoms with Crippen LogP contribution >= 0.6 is 22.9 Å². The van der Waals surface area contributed by atoms with E-state index >= 15 is 0 Å². The minimum absolute atomic E-state index is 0.127. The molecule has 0 fully saturated rings. The minimum atomic E-state index is -0.680. The number of carbonyl (C=O) groups is 1. The number of amides is 1. The molecule has 0 unspecified atom stereocenters. The van der Waals surface area contributed by atoms with E-state index in [2.05, 4.69) is 10.9 Å². The number of terminal acetylenes is 1.